The van der Waals surface area contributed by atoms with Gasteiger partial charge in [-0.2, -0.15) is 0 Å². The summed E-state index contributed by atoms with van der Waals surface area (Å²) in [6.07, 6.45) is 3.31. The van der Waals surface area contributed by atoms with Gasteiger partial charge in [-0.1, -0.05) is 19.1 Å². The number of carbonyl (C=O) groups is 2. The van der Waals surface area contributed by atoms with Gasteiger partial charge in [-0.15, -0.1) is 23.1 Å². The Morgan fingerprint density at radius 3 is 3.04 bits per heavy atom. The summed E-state index contributed by atoms with van der Waals surface area (Å²) < 4.78 is 1.19. The molecule has 0 bridgehead atoms. The Labute approximate surface area is 162 Å². The molecule has 1 aromatic carbocycles. The minimum atomic E-state index is 0.0945. The van der Waals surface area contributed by atoms with E-state index in [9.17, 15) is 9.59 Å². The summed E-state index contributed by atoms with van der Waals surface area (Å²) in [4.78, 5) is 30.8. The second-order valence-electron chi connectivity index (χ2n) is 6.56. The summed E-state index contributed by atoms with van der Waals surface area (Å²) in [5.41, 5.74) is 1.03. The maximum absolute atomic E-state index is 12.5. The van der Waals surface area contributed by atoms with Crippen LogP contribution in [0.3, 0.4) is 0 Å². The van der Waals surface area contributed by atoms with E-state index in [1.807, 2.05) is 30.0 Å². The lowest BCUT2D eigenvalue weighted by molar-refractivity contribution is -0.131. The number of hydrogen-bond donors (Lipinski definition) is 1. The standard InChI is InChI=1S/C19H25N3O2S2/c1-2-6-17(23)20-14-7-5-10-22(11-14)19(24)13-25-12-18-21-15-8-3-4-9-16(15)26-18/h3-4,8-9,14H,2,5-7,10-13H2,1H3,(H,20,23). The molecule has 3 rings (SSSR count). The molecule has 0 spiro atoms. The van der Waals surface area contributed by atoms with Crippen molar-refractivity contribution in [2.75, 3.05) is 18.8 Å². The smallest absolute Gasteiger partial charge is 0.232 e. The van der Waals surface area contributed by atoms with E-state index in [2.05, 4.69) is 16.4 Å². The van der Waals surface area contributed by atoms with Crippen molar-refractivity contribution in [3.8, 4) is 0 Å². The summed E-state index contributed by atoms with van der Waals surface area (Å²) in [5, 5.41) is 4.12. The second kappa shape index (κ2) is 9.37. The fourth-order valence-corrected chi connectivity index (χ4v) is 5.09. The van der Waals surface area contributed by atoms with Gasteiger partial charge in [0.05, 0.1) is 16.0 Å². The molecule has 140 valence electrons. The second-order valence-corrected chi connectivity index (χ2v) is 8.67. The number of thiazole rings is 1. The number of aromatic nitrogens is 1. The largest absolute Gasteiger partial charge is 0.352 e. The highest BCUT2D eigenvalue weighted by Crippen LogP contribution is 2.25. The van der Waals surface area contributed by atoms with Crippen molar-refractivity contribution in [3.63, 3.8) is 0 Å². The highest BCUT2D eigenvalue weighted by molar-refractivity contribution is 7.99. The van der Waals surface area contributed by atoms with Crippen molar-refractivity contribution in [2.24, 2.45) is 0 Å². The maximum Gasteiger partial charge on any atom is 0.232 e. The molecular formula is C19H25N3O2S2. The van der Waals surface area contributed by atoms with Crippen molar-refractivity contribution in [1.82, 2.24) is 15.2 Å². The first-order valence-corrected chi connectivity index (χ1v) is 11.1. The number of hydrogen-bond acceptors (Lipinski definition) is 5. The summed E-state index contributed by atoms with van der Waals surface area (Å²) in [5.74, 6) is 1.48. The molecule has 5 nitrogen and oxygen atoms in total. The molecule has 1 unspecified atom stereocenters. The molecule has 2 amide bonds. The molecule has 1 aliphatic heterocycles. The third-order valence-corrected chi connectivity index (χ3v) is 6.55. The zero-order valence-corrected chi connectivity index (χ0v) is 16.7. The topological polar surface area (TPSA) is 62.3 Å². The van der Waals surface area contributed by atoms with Gasteiger partial charge >= 0.3 is 0 Å². The number of rotatable bonds is 7. The molecule has 7 heteroatoms. The third kappa shape index (κ3) is 5.20. The van der Waals surface area contributed by atoms with Crippen LogP contribution in [-0.2, 0) is 15.3 Å². The van der Waals surface area contributed by atoms with Gasteiger partial charge in [0.2, 0.25) is 11.8 Å². The van der Waals surface area contributed by atoms with Gasteiger partial charge in [0, 0.05) is 31.3 Å². The Balaban J connectivity index is 1.44. The van der Waals surface area contributed by atoms with Gasteiger partial charge in [-0.3, -0.25) is 9.59 Å². The predicted octanol–water partition coefficient (Wildman–Crippen LogP) is 3.44. The average molecular weight is 392 g/mol. The van der Waals surface area contributed by atoms with Gasteiger partial charge in [0.1, 0.15) is 5.01 Å². The lowest BCUT2D eigenvalue weighted by Crippen LogP contribution is -2.50. The highest BCUT2D eigenvalue weighted by atomic mass is 32.2. The normalized spacial score (nSPS) is 17.4. The Hall–Kier alpha value is -1.60. The number of likely N-dealkylation sites (tertiary alicyclic amines) is 1. The zero-order valence-electron chi connectivity index (χ0n) is 15.1. The molecule has 1 aliphatic rings. The molecule has 0 radical (unpaired) electrons. The summed E-state index contributed by atoms with van der Waals surface area (Å²) in [7, 11) is 0. The van der Waals surface area contributed by atoms with E-state index in [0.29, 0.717) is 18.7 Å². The van der Waals surface area contributed by atoms with E-state index in [1.165, 1.54) is 4.70 Å². The summed E-state index contributed by atoms with van der Waals surface area (Å²) in [6.45, 7) is 3.43. The fourth-order valence-electron chi connectivity index (χ4n) is 3.15. The van der Waals surface area contributed by atoms with Crippen LogP contribution in [0, 0.1) is 0 Å². The van der Waals surface area contributed by atoms with Crippen LogP contribution in [0.2, 0.25) is 0 Å². The van der Waals surface area contributed by atoms with E-state index in [1.54, 1.807) is 23.1 Å². The van der Waals surface area contributed by atoms with E-state index < -0.39 is 0 Å². The Kier molecular flexibility index (Phi) is 6.91. The van der Waals surface area contributed by atoms with Gasteiger partial charge in [0.15, 0.2) is 0 Å². The SMILES string of the molecule is CCCC(=O)NC1CCCN(C(=O)CSCc2nc3ccccc3s2)C1. The number of amides is 2. The molecular weight excluding hydrogens is 366 g/mol. The molecule has 1 fully saturated rings. The molecule has 1 N–H and O–H groups in total. The predicted molar refractivity (Wildman–Crippen MR) is 108 cm³/mol. The number of benzene rings is 1. The van der Waals surface area contributed by atoms with Crippen LogP contribution >= 0.6 is 23.1 Å². The number of carbonyl (C=O) groups excluding carboxylic acids is 2. The fraction of sp³-hybridized carbons (Fsp3) is 0.526. The zero-order chi connectivity index (χ0) is 18.4. The number of thioether (sulfide) groups is 1. The van der Waals surface area contributed by atoms with Gasteiger partial charge in [-0.05, 0) is 31.4 Å². The van der Waals surface area contributed by atoms with E-state index in [4.69, 9.17) is 0 Å². The van der Waals surface area contributed by atoms with Crippen LogP contribution in [0.5, 0.6) is 0 Å². The monoisotopic (exact) mass is 391 g/mol. The first kappa shape index (κ1) is 19.2. The molecule has 2 aromatic rings. The van der Waals surface area contributed by atoms with Crippen LogP contribution in [0.1, 0.15) is 37.6 Å². The van der Waals surface area contributed by atoms with E-state index in [0.717, 1.165) is 42.1 Å². The van der Waals surface area contributed by atoms with Crippen molar-refractivity contribution >= 4 is 45.1 Å². The Bertz CT molecular complexity index is 729. The number of para-hydroxylation sites is 1. The lowest BCUT2D eigenvalue weighted by Gasteiger charge is -2.33. The van der Waals surface area contributed by atoms with Gasteiger partial charge in [0.25, 0.3) is 0 Å². The average Bonchev–Trinajstić information content (AvgIpc) is 3.04. The van der Waals surface area contributed by atoms with Crippen molar-refractivity contribution in [1.29, 1.82) is 0 Å². The third-order valence-electron chi connectivity index (χ3n) is 4.41. The molecule has 0 aliphatic carbocycles. The molecule has 1 aromatic heterocycles. The highest BCUT2D eigenvalue weighted by Gasteiger charge is 2.24. The first-order chi connectivity index (χ1) is 12.7. The number of piperidine rings is 1. The minimum absolute atomic E-state index is 0.0945. The summed E-state index contributed by atoms with van der Waals surface area (Å²) >= 11 is 3.31. The summed E-state index contributed by atoms with van der Waals surface area (Å²) in [6, 6.07) is 8.21. The number of nitrogens with one attached hydrogen (secondary N) is 1. The molecule has 1 saturated heterocycles. The number of fused-ring (bicyclic) bond motifs is 1. The van der Waals surface area contributed by atoms with Crippen molar-refractivity contribution < 1.29 is 9.59 Å². The molecule has 2 heterocycles. The van der Waals surface area contributed by atoms with Gasteiger partial charge in [-0.25, -0.2) is 4.98 Å². The molecule has 26 heavy (non-hydrogen) atoms. The first-order valence-electron chi connectivity index (χ1n) is 9.15. The quantitative estimate of drug-likeness (QED) is 0.785. The lowest BCUT2D eigenvalue weighted by atomic mass is 10.1. The molecule has 0 saturated carbocycles. The Morgan fingerprint density at radius 2 is 2.23 bits per heavy atom. The van der Waals surface area contributed by atoms with Crippen LogP contribution < -0.4 is 5.32 Å². The van der Waals surface area contributed by atoms with E-state index >= 15 is 0 Å². The van der Waals surface area contributed by atoms with Crippen LogP contribution in [0.25, 0.3) is 10.2 Å². The maximum atomic E-state index is 12.5. The van der Waals surface area contributed by atoms with Crippen molar-refractivity contribution in [2.45, 2.75) is 44.4 Å². The van der Waals surface area contributed by atoms with Crippen LogP contribution in [0.15, 0.2) is 24.3 Å². The van der Waals surface area contributed by atoms with Crippen LogP contribution in [-0.4, -0.2) is 46.6 Å². The Morgan fingerprint density at radius 1 is 1.38 bits per heavy atom. The molecule has 1 atom stereocenters. The van der Waals surface area contributed by atoms with E-state index in [-0.39, 0.29) is 17.9 Å². The number of nitrogens with zero attached hydrogens (tertiary/aromatic N) is 2. The van der Waals surface area contributed by atoms with Crippen LogP contribution in [0.4, 0.5) is 0 Å². The minimum Gasteiger partial charge on any atom is -0.352 e. The van der Waals surface area contributed by atoms with Crippen molar-refractivity contribution in [3.05, 3.63) is 29.3 Å². The van der Waals surface area contributed by atoms with Gasteiger partial charge < -0.3 is 10.2 Å².